The molecular formula is H2FeO6S2. The average molecular weight is 218 g/mol. The summed E-state index contributed by atoms with van der Waals surface area (Å²) in [4.78, 5) is 0. The van der Waals surface area contributed by atoms with Crippen LogP contribution in [-0.4, -0.2) is 26.6 Å². The van der Waals surface area contributed by atoms with Crippen LogP contribution in [0.1, 0.15) is 0 Å². The van der Waals surface area contributed by atoms with Crippen LogP contribution in [0.4, 0.5) is 0 Å². The van der Waals surface area contributed by atoms with E-state index in [9.17, 15) is 0 Å². The van der Waals surface area contributed by atoms with Gasteiger partial charge in [-0.15, -0.1) is 0 Å². The van der Waals surface area contributed by atoms with E-state index in [-0.39, 0.29) is 17.1 Å². The predicted molar refractivity (Wildman–Crippen MR) is 23.1 cm³/mol. The van der Waals surface area contributed by atoms with E-state index in [4.69, 9.17) is 26.6 Å². The Morgan fingerprint density at radius 3 is 1.00 bits per heavy atom. The molecule has 58 valence electrons. The molecule has 0 fully saturated rings. The van der Waals surface area contributed by atoms with E-state index in [1.54, 1.807) is 0 Å². The molecule has 0 aliphatic rings. The van der Waals surface area contributed by atoms with Gasteiger partial charge in [-0.05, 0) is 0 Å². The van der Waals surface area contributed by atoms with Gasteiger partial charge < -0.3 is 18.2 Å². The molecule has 9 heteroatoms. The molecule has 0 radical (unpaired) electrons. The Hall–Kier alpha value is 0.659. The Morgan fingerprint density at radius 1 is 1.00 bits per heavy atom. The molecule has 0 saturated carbocycles. The van der Waals surface area contributed by atoms with E-state index in [0.29, 0.717) is 0 Å². The van der Waals surface area contributed by atoms with Gasteiger partial charge in [-0.25, -0.2) is 8.42 Å². The second-order valence-electron chi connectivity index (χ2n) is 0.434. The first-order chi connectivity index (χ1) is 3.46. The molecule has 2 N–H and O–H groups in total. The summed E-state index contributed by atoms with van der Waals surface area (Å²) >= 11 is -5.72. The van der Waals surface area contributed by atoms with Crippen LogP contribution >= 0.6 is 0 Å². The minimum Gasteiger partial charge on any atom is -0.750 e. The van der Waals surface area contributed by atoms with Gasteiger partial charge in [0.2, 0.25) is 0 Å². The number of hydrogen-bond acceptors (Lipinski definition) is 4. The van der Waals surface area contributed by atoms with Gasteiger partial charge in [0.15, 0.2) is 0 Å². The summed E-state index contributed by atoms with van der Waals surface area (Å²) in [7, 11) is 0. The summed E-state index contributed by atoms with van der Waals surface area (Å²) in [6.07, 6.45) is 0. The molecule has 0 saturated heterocycles. The van der Waals surface area contributed by atoms with Gasteiger partial charge in [-0.1, -0.05) is 0 Å². The van der Waals surface area contributed by atoms with Crippen molar-refractivity contribution in [3.8, 4) is 0 Å². The van der Waals surface area contributed by atoms with E-state index >= 15 is 0 Å². The molecule has 0 aliphatic heterocycles. The maximum absolute atomic E-state index is 8.56. The molecule has 0 aliphatic carbocycles. The molecular weight excluding hydrogens is 216 g/mol. The van der Waals surface area contributed by atoms with E-state index in [1.807, 2.05) is 0 Å². The molecule has 0 aromatic heterocycles. The number of hydrogen-bond donors (Lipinski definition) is 2. The van der Waals surface area contributed by atoms with Gasteiger partial charge in [-0.2, -0.15) is 0 Å². The first-order valence-electron chi connectivity index (χ1n) is 1.03. The Labute approximate surface area is 66.7 Å². The van der Waals surface area contributed by atoms with Crippen LogP contribution in [0.2, 0.25) is 0 Å². The summed E-state index contributed by atoms with van der Waals surface area (Å²) in [5.41, 5.74) is 0. The minimum absolute atomic E-state index is 0. The van der Waals surface area contributed by atoms with E-state index < -0.39 is 22.7 Å². The fraction of sp³-hybridized carbons (Fsp3) is 0. The molecule has 0 aromatic carbocycles. The van der Waals surface area contributed by atoms with Crippen LogP contribution in [0.5, 0.6) is 0 Å². The maximum Gasteiger partial charge on any atom is 2.00 e. The topological polar surface area (TPSA) is 121 Å². The Balaban J connectivity index is -0.0000000720. The third kappa shape index (κ3) is 883. The minimum atomic E-state index is -2.86. The summed E-state index contributed by atoms with van der Waals surface area (Å²) in [6.45, 7) is 0. The molecule has 0 spiro atoms. The van der Waals surface area contributed by atoms with Crippen molar-refractivity contribution in [1.29, 1.82) is 0 Å². The average Bonchev–Trinajstić information content (AvgIpc) is 1.25. The van der Waals surface area contributed by atoms with Gasteiger partial charge in [0.05, 0.1) is 22.7 Å². The Bertz CT molecular complexity index is 69.1. The van der Waals surface area contributed by atoms with Crippen molar-refractivity contribution in [3.05, 3.63) is 0 Å². The van der Waals surface area contributed by atoms with Crippen LogP contribution < -0.4 is 0 Å². The van der Waals surface area contributed by atoms with Crippen LogP contribution in [0.15, 0.2) is 0 Å². The molecule has 0 amide bonds. The van der Waals surface area contributed by atoms with Crippen LogP contribution in [-0.2, 0) is 39.8 Å². The third-order valence-corrected chi connectivity index (χ3v) is 0. The van der Waals surface area contributed by atoms with Crippen LogP contribution in [0.25, 0.3) is 0 Å². The maximum atomic E-state index is 8.56. The largest absolute Gasteiger partial charge is 2.00 e. The van der Waals surface area contributed by atoms with Crippen molar-refractivity contribution in [1.82, 2.24) is 0 Å². The third-order valence-electron chi connectivity index (χ3n) is 0. The van der Waals surface area contributed by atoms with Crippen molar-refractivity contribution < 1.29 is 43.7 Å². The van der Waals surface area contributed by atoms with Gasteiger partial charge in [0.25, 0.3) is 0 Å². The molecule has 0 rings (SSSR count). The first kappa shape index (κ1) is 16.3. The predicted octanol–water partition coefficient (Wildman–Crippen LogP) is -1.33. The fourth-order valence-electron chi connectivity index (χ4n) is 0. The number of rotatable bonds is 0. The fourth-order valence-corrected chi connectivity index (χ4v) is 0. The summed E-state index contributed by atoms with van der Waals surface area (Å²) in [6, 6.07) is 0. The van der Waals surface area contributed by atoms with Crippen LogP contribution in [0, 0.1) is 0 Å². The monoisotopic (exact) mass is 218 g/mol. The van der Waals surface area contributed by atoms with Crippen LogP contribution in [0.3, 0.4) is 0 Å². The Kier molecular flexibility index (Phi) is 20.8. The van der Waals surface area contributed by atoms with Gasteiger partial charge in [0.1, 0.15) is 0 Å². The zero-order valence-corrected chi connectivity index (χ0v) is 6.43. The van der Waals surface area contributed by atoms with Gasteiger partial charge >= 0.3 is 17.1 Å². The summed E-state index contributed by atoms with van der Waals surface area (Å²) in [5, 5.41) is 0. The second-order valence-corrected chi connectivity index (χ2v) is 1.30. The molecule has 6 nitrogen and oxygen atoms in total. The summed E-state index contributed by atoms with van der Waals surface area (Å²) < 4.78 is 48.2. The van der Waals surface area contributed by atoms with E-state index in [0.717, 1.165) is 0 Å². The Morgan fingerprint density at radius 2 is 1.00 bits per heavy atom. The van der Waals surface area contributed by atoms with Crippen molar-refractivity contribution in [3.63, 3.8) is 0 Å². The zero-order valence-electron chi connectivity index (χ0n) is 3.70. The second kappa shape index (κ2) is 11.5. The zero-order chi connectivity index (χ0) is 7.15. The van der Waals surface area contributed by atoms with Crippen molar-refractivity contribution >= 4 is 22.7 Å². The van der Waals surface area contributed by atoms with Crippen molar-refractivity contribution in [2.24, 2.45) is 0 Å². The normalized spacial score (nSPS) is 13.8. The van der Waals surface area contributed by atoms with Crippen molar-refractivity contribution in [2.75, 3.05) is 0 Å². The SMILES string of the molecule is O=S([O-])O.O=S([O-])O.[Fe+2]. The van der Waals surface area contributed by atoms with E-state index in [2.05, 4.69) is 0 Å². The van der Waals surface area contributed by atoms with Gasteiger partial charge in [-0.3, -0.25) is 0 Å². The van der Waals surface area contributed by atoms with Crippen molar-refractivity contribution in [2.45, 2.75) is 0 Å². The molecule has 2 atom stereocenters. The van der Waals surface area contributed by atoms with Gasteiger partial charge in [0, 0.05) is 0 Å². The smallest absolute Gasteiger partial charge is 0.750 e. The van der Waals surface area contributed by atoms with E-state index in [1.165, 1.54) is 0 Å². The molecule has 0 bridgehead atoms. The molecule has 0 aromatic rings. The molecule has 2 unspecified atom stereocenters. The standard InChI is InChI=1S/Fe.2H2O3S/c;2*1-4(2)3/h;2*(H2,1,2,3)/q+2;;/p-2. The molecule has 0 heterocycles. The molecule has 9 heavy (non-hydrogen) atoms. The first-order valence-corrected chi connectivity index (χ1v) is 3.10. The summed E-state index contributed by atoms with van der Waals surface area (Å²) in [5.74, 6) is 0. The quantitative estimate of drug-likeness (QED) is 0.384.